The van der Waals surface area contributed by atoms with Crippen LogP contribution in [-0.4, -0.2) is 13.1 Å². The highest BCUT2D eigenvalue weighted by atomic mass is 16.3. The number of rotatable bonds is 4. The van der Waals surface area contributed by atoms with Crippen LogP contribution in [0.1, 0.15) is 51.2 Å². The van der Waals surface area contributed by atoms with Crippen molar-refractivity contribution in [3.05, 3.63) is 24.2 Å². The topological polar surface area (TPSA) is 25.2 Å². The van der Waals surface area contributed by atoms with Crippen molar-refractivity contribution in [1.82, 2.24) is 5.32 Å². The van der Waals surface area contributed by atoms with Gasteiger partial charge in [-0.2, -0.15) is 0 Å². The van der Waals surface area contributed by atoms with Gasteiger partial charge in [-0.15, -0.1) is 0 Å². The maximum atomic E-state index is 5.61. The average molecular weight is 273 g/mol. The molecule has 4 saturated carbocycles. The summed E-state index contributed by atoms with van der Waals surface area (Å²) in [5, 5.41) is 3.65. The first-order chi connectivity index (χ1) is 9.61. The molecule has 2 heteroatoms. The molecule has 4 bridgehead atoms. The molecule has 1 N–H and O–H groups in total. The molecule has 1 aromatic heterocycles. The molecule has 0 aromatic carbocycles. The largest absolute Gasteiger partial charge is 0.469 e. The second-order valence-corrected chi connectivity index (χ2v) is 8.26. The summed E-state index contributed by atoms with van der Waals surface area (Å²) < 4.78 is 5.61. The Kier molecular flexibility index (Phi) is 2.82. The monoisotopic (exact) mass is 273 g/mol. The zero-order chi connectivity index (χ0) is 13.8. The number of nitrogens with one attached hydrogen (secondary N) is 1. The van der Waals surface area contributed by atoms with Gasteiger partial charge in [-0.25, -0.2) is 0 Å². The van der Waals surface area contributed by atoms with E-state index < -0.39 is 0 Å². The summed E-state index contributed by atoms with van der Waals surface area (Å²) in [5.74, 6) is 3.13. The normalized spacial score (nSPS) is 43.9. The van der Waals surface area contributed by atoms with E-state index in [-0.39, 0.29) is 0 Å². The van der Waals surface area contributed by atoms with Crippen LogP contribution in [0.25, 0.3) is 0 Å². The molecule has 0 amide bonds. The zero-order valence-corrected chi connectivity index (χ0v) is 12.8. The van der Waals surface area contributed by atoms with E-state index in [4.69, 9.17) is 4.42 Å². The van der Waals surface area contributed by atoms with Crippen molar-refractivity contribution in [1.29, 1.82) is 0 Å². The molecular formula is C18H27NO. The maximum absolute atomic E-state index is 5.61. The van der Waals surface area contributed by atoms with E-state index in [1.165, 1.54) is 38.5 Å². The van der Waals surface area contributed by atoms with Gasteiger partial charge < -0.3 is 9.73 Å². The number of likely N-dealkylation sites (N-methyl/N-ethyl adjacent to an activating group) is 1. The summed E-state index contributed by atoms with van der Waals surface area (Å²) in [7, 11) is 2.15. The minimum absolute atomic E-state index is 0.528. The summed E-state index contributed by atoms with van der Waals surface area (Å²) in [6.07, 6.45) is 11.7. The summed E-state index contributed by atoms with van der Waals surface area (Å²) in [4.78, 5) is 0. The van der Waals surface area contributed by atoms with Gasteiger partial charge in [0.2, 0.25) is 0 Å². The highest BCUT2D eigenvalue weighted by Gasteiger charge is 2.58. The Bertz CT molecular complexity index is 464. The molecule has 4 aliphatic rings. The first-order valence-corrected chi connectivity index (χ1v) is 8.31. The second-order valence-electron chi connectivity index (χ2n) is 8.26. The third-order valence-electron chi connectivity index (χ3n) is 6.47. The van der Waals surface area contributed by atoms with E-state index in [1.807, 2.05) is 12.3 Å². The fraction of sp³-hybridized carbons (Fsp3) is 0.778. The van der Waals surface area contributed by atoms with E-state index in [2.05, 4.69) is 25.4 Å². The molecule has 0 saturated heterocycles. The lowest BCUT2D eigenvalue weighted by Crippen LogP contribution is -2.58. The lowest BCUT2D eigenvalue weighted by Gasteiger charge is -2.63. The lowest BCUT2D eigenvalue weighted by molar-refractivity contribution is -0.117. The van der Waals surface area contributed by atoms with Crippen LogP contribution in [0.2, 0.25) is 0 Å². The molecule has 0 aliphatic heterocycles. The van der Waals surface area contributed by atoms with Gasteiger partial charge in [0.15, 0.2) is 0 Å². The van der Waals surface area contributed by atoms with Gasteiger partial charge in [0.1, 0.15) is 5.76 Å². The Morgan fingerprint density at radius 1 is 1.30 bits per heavy atom. The van der Waals surface area contributed by atoms with Gasteiger partial charge >= 0.3 is 0 Å². The highest BCUT2D eigenvalue weighted by Crippen LogP contribution is 2.66. The van der Waals surface area contributed by atoms with Crippen LogP contribution in [0.4, 0.5) is 0 Å². The molecule has 110 valence electrons. The van der Waals surface area contributed by atoms with Crippen LogP contribution in [0.3, 0.4) is 0 Å². The van der Waals surface area contributed by atoms with Crippen LogP contribution in [0, 0.1) is 22.7 Å². The predicted molar refractivity (Wildman–Crippen MR) is 80.5 cm³/mol. The summed E-state index contributed by atoms with van der Waals surface area (Å²) >= 11 is 0. The van der Waals surface area contributed by atoms with Crippen LogP contribution in [-0.2, 0) is 6.42 Å². The van der Waals surface area contributed by atoms with E-state index in [9.17, 15) is 0 Å². The highest BCUT2D eigenvalue weighted by molar-refractivity contribution is 5.12. The molecule has 1 aromatic rings. The Labute approximate surface area is 122 Å². The molecule has 5 rings (SSSR count). The molecule has 2 nitrogen and oxygen atoms in total. The fourth-order valence-corrected chi connectivity index (χ4v) is 6.46. The number of furan rings is 1. The predicted octanol–water partition coefficient (Wildman–Crippen LogP) is 4.02. The van der Waals surface area contributed by atoms with E-state index in [0.29, 0.717) is 16.9 Å². The minimum atomic E-state index is 0.528. The van der Waals surface area contributed by atoms with Crippen LogP contribution in [0.15, 0.2) is 22.8 Å². The van der Waals surface area contributed by atoms with E-state index in [0.717, 1.165) is 24.0 Å². The summed E-state index contributed by atoms with van der Waals surface area (Å²) in [6.45, 7) is 2.55. The third kappa shape index (κ3) is 1.95. The quantitative estimate of drug-likeness (QED) is 0.896. The molecular weight excluding hydrogens is 246 g/mol. The molecule has 3 unspecified atom stereocenters. The van der Waals surface area contributed by atoms with Crippen molar-refractivity contribution >= 4 is 0 Å². The van der Waals surface area contributed by atoms with Gasteiger partial charge in [-0.1, -0.05) is 6.92 Å². The van der Waals surface area contributed by atoms with Crippen LogP contribution >= 0.6 is 0 Å². The first-order valence-electron chi connectivity index (χ1n) is 8.31. The molecule has 4 fully saturated rings. The zero-order valence-electron chi connectivity index (χ0n) is 12.8. The first kappa shape index (κ1) is 12.9. The second kappa shape index (κ2) is 4.37. The molecule has 20 heavy (non-hydrogen) atoms. The summed E-state index contributed by atoms with van der Waals surface area (Å²) in [5.41, 5.74) is 1.16. The Morgan fingerprint density at radius 2 is 2.05 bits per heavy atom. The van der Waals surface area contributed by atoms with Gasteiger partial charge in [0.25, 0.3) is 0 Å². The van der Waals surface area contributed by atoms with Crippen molar-refractivity contribution < 1.29 is 4.42 Å². The van der Waals surface area contributed by atoms with Gasteiger partial charge in [-0.3, -0.25) is 0 Å². The van der Waals surface area contributed by atoms with Crippen LogP contribution < -0.4 is 5.32 Å². The Morgan fingerprint density at radius 3 is 2.60 bits per heavy atom. The van der Waals surface area contributed by atoms with Crippen molar-refractivity contribution in [2.45, 2.75) is 57.9 Å². The fourth-order valence-electron chi connectivity index (χ4n) is 6.46. The van der Waals surface area contributed by atoms with Crippen molar-refractivity contribution in [3.63, 3.8) is 0 Å². The van der Waals surface area contributed by atoms with Gasteiger partial charge in [0, 0.05) is 12.5 Å². The van der Waals surface area contributed by atoms with E-state index >= 15 is 0 Å². The van der Waals surface area contributed by atoms with Crippen molar-refractivity contribution in [2.75, 3.05) is 7.05 Å². The summed E-state index contributed by atoms with van der Waals surface area (Å²) in [6, 6.07) is 4.73. The molecule has 3 atom stereocenters. The Hall–Kier alpha value is -0.760. The van der Waals surface area contributed by atoms with Crippen molar-refractivity contribution in [2.24, 2.45) is 22.7 Å². The van der Waals surface area contributed by atoms with Gasteiger partial charge in [-0.05, 0) is 80.4 Å². The average Bonchev–Trinajstić information content (AvgIpc) is 2.85. The van der Waals surface area contributed by atoms with Gasteiger partial charge in [0.05, 0.1) is 6.26 Å². The molecule has 1 heterocycles. The lowest BCUT2D eigenvalue weighted by atomic mass is 9.43. The minimum Gasteiger partial charge on any atom is -0.469 e. The standard InChI is InChI=1S/C18H27NO/c1-17-8-13-6-14(9-17)11-18(10-13,12-17)16(19-2)7-15-4-3-5-20-15/h3-5,13-14,16,19H,6-12H2,1-2H3. The maximum Gasteiger partial charge on any atom is 0.105 e. The smallest absolute Gasteiger partial charge is 0.105 e. The number of hydrogen-bond acceptors (Lipinski definition) is 2. The number of hydrogen-bond donors (Lipinski definition) is 1. The van der Waals surface area contributed by atoms with Crippen molar-refractivity contribution in [3.8, 4) is 0 Å². The molecule has 0 spiro atoms. The van der Waals surface area contributed by atoms with Crippen LogP contribution in [0.5, 0.6) is 0 Å². The third-order valence-corrected chi connectivity index (χ3v) is 6.47. The molecule has 0 radical (unpaired) electrons. The molecule has 4 aliphatic carbocycles. The Balaban J connectivity index is 1.62. The SMILES string of the molecule is CNC(Cc1ccco1)C12CC3CC(CC(C)(C3)C1)C2. The van der Waals surface area contributed by atoms with E-state index in [1.54, 1.807) is 0 Å².